The van der Waals surface area contributed by atoms with Crippen LogP contribution in [0.2, 0.25) is 0 Å². The first-order valence-electron chi connectivity index (χ1n) is 10.3. The summed E-state index contributed by atoms with van der Waals surface area (Å²) in [6, 6.07) is 13.8. The molecule has 1 saturated heterocycles. The van der Waals surface area contributed by atoms with Gasteiger partial charge in [0.1, 0.15) is 10.8 Å². The van der Waals surface area contributed by atoms with Gasteiger partial charge in [0.05, 0.1) is 0 Å². The van der Waals surface area contributed by atoms with Crippen LogP contribution < -0.4 is 10.2 Å². The van der Waals surface area contributed by atoms with Crippen LogP contribution in [0.25, 0.3) is 10.6 Å². The summed E-state index contributed by atoms with van der Waals surface area (Å²) in [5, 5.41) is 6.15. The summed E-state index contributed by atoms with van der Waals surface area (Å²) < 4.78 is 0. The van der Waals surface area contributed by atoms with Crippen LogP contribution in [0.15, 0.2) is 54.0 Å². The lowest BCUT2D eigenvalue weighted by molar-refractivity contribution is 0.0928. The van der Waals surface area contributed by atoms with Crippen molar-refractivity contribution in [2.45, 2.75) is 19.9 Å². The minimum absolute atomic E-state index is 0.0310. The van der Waals surface area contributed by atoms with Crippen molar-refractivity contribution >= 4 is 23.1 Å². The fourth-order valence-electron chi connectivity index (χ4n) is 3.69. The average Bonchev–Trinajstić information content (AvgIpc) is 3.21. The van der Waals surface area contributed by atoms with Gasteiger partial charge in [-0.15, -0.1) is 11.3 Å². The van der Waals surface area contributed by atoms with E-state index in [4.69, 9.17) is 0 Å². The number of hydrogen-bond donors (Lipinski definition) is 1. The molecule has 0 radical (unpaired) electrons. The van der Waals surface area contributed by atoms with Gasteiger partial charge < -0.3 is 10.2 Å². The van der Waals surface area contributed by atoms with Gasteiger partial charge in [-0.2, -0.15) is 0 Å². The topological polar surface area (TPSA) is 61.4 Å². The van der Waals surface area contributed by atoms with E-state index in [1.54, 1.807) is 11.3 Å². The molecule has 4 rings (SSSR count). The highest BCUT2D eigenvalue weighted by Crippen LogP contribution is 2.23. The number of anilines is 1. The van der Waals surface area contributed by atoms with Gasteiger partial charge >= 0.3 is 0 Å². The highest BCUT2D eigenvalue weighted by Gasteiger charge is 2.20. The summed E-state index contributed by atoms with van der Waals surface area (Å²) in [5.74, 6) is 1.01. The molecule has 1 aromatic carbocycles. The molecule has 1 N–H and O–H groups in total. The Hall–Kier alpha value is -2.77. The number of amides is 1. The van der Waals surface area contributed by atoms with Gasteiger partial charge in [0.15, 0.2) is 0 Å². The first kappa shape index (κ1) is 20.5. The minimum atomic E-state index is -0.0310. The van der Waals surface area contributed by atoms with Crippen molar-refractivity contribution in [1.82, 2.24) is 20.2 Å². The predicted octanol–water partition coefficient (Wildman–Crippen LogP) is 3.45. The number of nitrogens with zero attached hydrogens (tertiary/aromatic N) is 4. The highest BCUT2D eigenvalue weighted by molar-refractivity contribution is 7.13. The first-order valence-corrected chi connectivity index (χ1v) is 11.2. The molecule has 3 aromatic rings. The van der Waals surface area contributed by atoms with Gasteiger partial charge in [0.2, 0.25) is 0 Å². The standard InChI is InChI=1S/C23H27N5OS/c1-17(15-27-11-13-28(14-12-27)21-5-3-4-10-24-21)25-22(29)19-6-8-20(9-7-19)23-26-18(2)16-30-23/h3-10,16-17H,11-15H2,1-2H3,(H,25,29). The van der Waals surface area contributed by atoms with Gasteiger partial charge in [-0.25, -0.2) is 9.97 Å². The third kappa shape index (κ3) is 5.04. The Labute approximate surface area is 181 Å². The van der Waals surface area contributed by atoms with Crippen LogP contribution in [0.4, 0.5) is 5.82 Å². The van der Waals surface area contributed by atoms with Gasteiger partial charge in [-0.1, -0.05) is 18.2 Å². The van der Waals surface area contributed by atoms with Crippen molar-refractivity contribution in [3.63, 3.8) is 0 Å². The van der Waals surface area contributed by atoms with Gasteiger partial charge in [-0.05, 0) is 38.1 Å². The molecule has 6 nitrogen and oxygen atoms in total. The van der Waals surface area contributed by atoms with Crippen molar-refractivity contribution in [1.29, 1.82) is 0 Å². The van der Waals surface area contributed by atoms with Gasteiger partial charge in [0.25, 0.3) is 5.91 Å². The van der Waals surface area contributed by atoms with E-state index in [0.717, 1.165) is 54.8 Å². The summed E-state index contributed by atoms with van der Waals surface area (Å²) in [7, 11) is 0. The molecule has 0 aliphatic carbocycles. The summed E-state index contributed by atoms with van der Waals surface area (Å²) in [4.78, 5) is 26.3. The molecule has 1 fully saturated rings. The van der Waals surface area contributed by atoms with Crippen LogP contribution in [-0.4, -0.2) is 59.5 Å². The summed E-state index contributed by atoms with van der Waals surface area (Å²) in [6.45, 7) is 8.75. The Kier molecular flexibility index (Phi) is 6.40. The van der Waals surface area contributed by atoms with E-state index in [1.165, 1.54) is 0 Å². The molecular formula is C23H27N5OS. The zero-order chi connectivity index (χ0) is 20.9. The SMILES string of the molecule is Cc1csc(-c2ccc(C(=O)NC(C)CN3CCN(c4ccccn4)CC3)cc2)n1. The van der Waals surface area contributed by atoms with Gasteiger partial charge in [-0.3, -0.25) is 9.69 Å². The third-order valence-corrected chi connectivity index (χ3v) is 6.28. The van der Waals surface area contributed by atoms with E-state index in [9.17, 15) is 4.79 Å². The van der Waals surface area contributed by atoms with E-state index in [1.807, 2.05) is 54.9 Å². The van der Waals surface area contributed by atoms with Crippen molar-refractivity contribution in [3.8, 4) is 10.6 Å². The number of pyridine rings is 1. The monoisotopic (exact) mass is 421 g/mol. The van der Waals surface area contributed by atoms with E-state index < -0.39 is 0 Å². The van der Waals surface area contributed by atoms with Crippen LogP contribution in [0.5, 0.6) is 0 Å². The Bertz CT molecular complexity index is 965. The molecule has 3 heterocycles. The molecular weight excluding hydrogens is 394 g/mol. The molecule has 0 bridgehead atoms. The molecule has 30 heavy (non-hydrogen) atoms. The van der Waals surface area contributed by atoms with Crippen LogP contribution in [-0.2, 0) is 0 Å². The van der Waals surface area contributed by atoms with Crippen molar-refractivity contribution in [2.75, 3.05) is 37.6 Å². The normalized spacial score (nSPS) is 15.7. The number of thiazole rings is 1. The zero-order valence-electron chi connectivity index (χ0n) is 17.4. The van der Waals surface area contributed by atoms with Crippen molar-refractivity contribution in [3.05, 3.63) is 65.3 Å². The Morgan fingerprint density at radius 3 is 2.53 bits per heavy atom. The Morgan fingerprint density at radius 1 is 1.13 bits per heavy atom. The number of carbonyl (C=O) groups is 1. The highest BCUT2D eigenvalue weighted by atomic mass is 32.1. The average molecular weight is 422 g/mol. The van der Waals surface area contributed by atoms with E-state index in [2.05, 4.69) is 38.1 Å². The summed E-state index contributed by atoms with van der Waals surface area (Å²) >= 11 is 1.62. The van der Waals surface area contributed by atoms with Crippen LogP contribution >= 0.6 is 11.3 Å². The number of aryl methyl sites for hydroxylation is 1. The fourth-order valence-corrected chi connectivity index (χ4v) is 4.49. The molecule has 1 aliphatic rings. The third-order valence-electron chi connectivity index (χ3n) is 5.27. The number of piperazine rings is 1. The van der Waals surface area contributed by atoms with E-state index in [0.29, 0.717) is 5.56 Å². The van der Waals surface area contributed by atoms with Crippen molar-refractivity contribution < 1.29 is 4.79 Å². The molecule has 7 heteroatoms. The predicted molar refractivity (Wildman–Crippen MR) is 122 cm³/mol. The maximum absolute atomic E-state index is 12.6. The number of benzene rings is 1. The van der Waals surface area contributed by atoms with Crippen LogP contribution in [0, 0.1) is 6.92 Å². The van der Waals surface area contributed by atoms with Crippen LogP contribution in [0.3, 0.4) is 0 Å². The largest absolute Gasteiger partial charge is 0.354 e. The van der Waals surface area contributed by atoms with Crippen LogP contribution in [0.1, 0.15) is 23.0 Å². The molecule has 2 aromatic heterocycles. The molecule has 0 saturated carbocycles. The maximum Gasteiger partial charge on any atom is 0.251 e. The lowest BCUT2D eigenvalue weighted by atomic mass is 10.1. The second-order valence-electron chi connectivity index (χ2n) is 7.72. The molecule has 1 unspecified atom stereocenters. The smallest absolute Gasteiger partial charge is 0.251 e. The van der Waals surface area contributed by atoms with Crippen molar-refractivity contribution in [2.24, 2.45) is 0 Å². The van der Waals surface area contributed by atoms with E-state index in [-0.39, 0.29) is 11.9 Å². The minimum Gasteiger partial charge on any atom is -0.354 e. The van der Waals surface area contributed by atoms with E-state index >= 15 is 0 Å². The number of hydrogen-bond acceptors (Lipinski definition) is 6. The Morgan fingerprint density at radius 2 is 1.90 bits per heavy atom. The maximum atomic E-state index is 12.6. The summed E-state index contributed by atoms with van der Waals surface area (Å²) in [5.41, 5.74) is 2.74. The second kappa shape index (κ2) is 9.36. The summed E-state index contributed by atoms with van der Waals surface area (Å²) in [6.07, 6.45) is 1.84. The lowest BCUT2D eigenvalue weighted by Crippen LogP contribution is -2.51. The van der Waals surface area contributed by atoms with Gasteiger partial charge in [0, 0.05) is 67.2 Å². The fraction of sp³-hybridized carbons (Fsp3) is 0.348. The lowest BCUT2D eigenvalue weighted by Gasteiger charge is -2.36. The molecule has 1 aliphatic heterocycles. The number of carbonyl (C=O) groups excluding carboxylic acids is 1. The zero-order valence-corrected chi connectivity index (χ0v) is 18.2. The molecule has 1 amide bonds. The molecule has 0 spiro atoms. The first-order chi connectivity index (χ1) is 14.6. The number of nitrogens with one attached hydrogen (secondary N) is 1. The molecule has 1 atom stereocenters. The Balaban J connectivity index is 1.26. The second-order valence-corrected chi connectivity index (χ2v) is 8.58. The molecule has 156 valence electrons. The number of aromatic nitrogens is 2. The number of rotatable bonds is 6. The quantitative estimate of drug-likeness (QED) is 0.661.